The molecule has 1 unspecified atom stereocenters. The summed E-state index contributed by atoms with van der Waals surface area (Å²) in [6, 6.07) is 4.81. The Morgan fingerprint density at radius 2 is 2.29 bits per heavy atom. The van der Waals surface area contributed by atoms with Gasteiger partial charge < -0.3 is 16.0 Å². The molecule has 0 bridgehead atoms. The van der Waals surface area contributed by atoms with Crippen LogP contribution in [0, 0.1) is 0 Å². The normalized spacial score (nSPS) is 19.2. The van der Waals surface area contributed by atoms with Crippen LogP contribution in [-0.2, 0) is 0 Å². The van der Waals surface area contributed by atoms with E-state index in [0.717, 1.165) is 25.9 Å². The molecule has 1 aromatic rings. The largest absolute Gasteiger partial charge is 0.351 e. The van der Waals surface area contributed by atoms with Gasteiger partial charge in [-0.25, -0.2) is 4.79 Å². The lowest BCUT2D eigenvalue weighted by molar-refractivity contribution is 0.183. The zero-order chi connectivity index (χ0) is 12.3. The van der Waals surface area contributed by atoms with Gasteiger partial charge in [-0.1, -0.05) is 6.07 Å². The van der Waals surface area contributed by atoms with Crippen molar-refractivity contribution in [2.24, 2.45) is 5.73 Å². The topological polar surface area (TPSA) is 58.4 Å². The molecule has 1 atom stereocenters. The molecule has 0 saturated carbocycles. The molecule has 2 amide bonds. The van der Waals surface area contributed by atoms with Crippen LogP contribution in [0.2, 0.25) is 0 Å². The monoisotopic (exact) mass is 253 g/mol. The van der Waals surface area contributed by atoms with Gasteiger partial charge in [0.1, 0.15) is 0 Å². The summed E-state index contributed by atoms with van der Waals surface area (Å²) in [4.78, 5) is 14.1. The lowest BCUT2D eigenvalue weighted by Gasteiger charge is -2.32. The van der Waals surface area contributed by atoms with E-state index < -0.39 is 0 Å². The number of nitrogens with one attached hydrogen (secondary N) is 1. The van der Waals surface area contributed by atoms with Crippen molar-refractivity contribution < 1.29 is 4.79 Å². The summed E-state index contributed by atoms with van der Waals surface area (Å²) in [5, 5.41) is 5.71. The summed E-state index contributed by atoms with van der Waals surface area (Å²) >= 11 is 1.78. The van der Waals surface area contributed by atoms with E-state index in [0.29, 0.717) is 12.1 Å². The van der Waals surface area contributed by atoms with Crippen molar-refractivity contribution in [3.63, 3.8) is 0 Å². The minimum Gasteiger partial charge on any atom is -0.351 e. The van der Waals surface area contributed by atoms with Crippen LogP contribution in [0.1, 0.15) is 30.7 Å². The number of carbonyl (C=O) groups is 1. The average Bonchev–Trinajstić information content (AvgIpc) is 2.83. The number of carbonyl (C=O) groups excluding carboxylic acids is 1. The Balaban J connectivity index is 1.80. The third-order valence-electron chi connectivity index (χ3n) is 3.26. The second kappa shape index (κ2) is 5.51. The number of hydrogen-bond donors (Lipinski definition) is 2. The van der Waals surface area contributed by atoms with Crippen molar-refractivity contribution in [3.8, 4) is 0 Å². The molecule has 1 aromatic heterocycles. The van der Waals surface area contributed by atoms with Crippen LogP contribution in [0.15, 0.2) is 17.5 Å². The van der Waals surface area contributed by atoms with E-state index in [-0.39, 0.29) is 6.03 Å². The highest BCUT2D eigenvalue weighted by atomic mass is 32.1. The first-order valence-corrected chi connectivity index (χ1v) is 6.88. The van der Waals surface area contributed by atoms with E-state index in [4.69, 9.17) is 5.73 Å². The predicted octanol–water partition coefficient (Wildman–Crippen LogP) is 1.94. The van der Waals surface area contributed by atoms with Gasteiger partial charge in [-0.15, -0.1) is 11.3 Å². The van der Waals surface area contributed by atoms with Crippen LogP contribution in [0.5, 0.6) is 0 Å². The first-order chi connectivity index (χ1) is 8.16. The average molecular weight is 253 g/mol. The summed E-state index contributed by atoms with van der Waals surface area (Å²) in [6.45, 7) is 3.72. The zero-order valence-electron chi connectivity index (χ0n) is 10.1. The Hall–Kier alpha value is -1.07. The molecule has 0 aromatic carbocycles. The van der Waals surface area contributed by atoms with Gasteiger partial charge in [0.05, 0.1) is 0 Å². The molecule has 4 nitrogen and oxygen atoms in total. The van der Waals surface area contributed by atoms with Gasteiger partial charge in [0.15, 0.2) is 0 Å². The minimum atomic E-state index is -0.297. The molecule has 2 rings (SSSR count). The molecular weight excluding hydrogens is 234 g/mol. The number of rotatable bonds is 3. The second-order valence-corrected chi connectivity index (χ2v) is 5.48. The van der Waals surface area contributed by atoms with E-state index in [2.05, 4.69) is 29.8 Å². The molecule has 1 fully saturated rings. The molecule has 17 heavy (non-hydrogen) atoms. The quantitative estimate of drug-likeness (QED) is 0.865. The lowest BCUT2D eigenvalue weighted by Crippen LogP contribution is -2.47. The van der Waals surface area contributed by atoms with Crippen molar-refractivity contribution in [2.45, 2.75) is 31.8 Å². The fourth-order valence-electron chi connectivity index (χ4n) is 2.24. The maximum Gasteiger partial charge on any atom is 0.314 e. The van der Waals surface area contributed by atoms with Gasteiger partial charge in [0.2, 0.25) is 0 Å². The van der Waals surface area contributed by atoms with Gasteiger partial charge in [0, 0.05) is 30.1 Å². The van der Waals surface area contributed by atoms with Gasteiger partial charge >= 0.3 is 6.03 Å². The van der Waals surface area contributed by atoms with E-state index in [1.54, 1.807) is 16.2 Å². The number of nitrogens with two attached hydrogens (primary N) is 1. The summed E-state index contributed by atoms with van der Waals surface area (Å²) in [6.07, 6.45) is 1.97. The van der Waals surface area contributed by atoms with E-state index in [1.807, 2.05) is 0 Å². The first-order valence-electron chi connectivity index (χ1n) is 6.00. The smallest absolute Gasteiger partial charge is 0.314 e. The molecule has 3 N–H and O–H groups in total. The highest BCUT2D eigenvalue weighted by molar-refractivity contribution is 7.10. The van der Waals surface area contributed by atoms with Crippen molar-refractivity contribution in [2.75, 3.05) is 13.1 Å². The molecule has 1 aliphatic heterocycles. The molecule has 0 radical (unpaired) electrons. The van der Waals surface area contributed by atoms with E-state index in [1.165, 1.54) is 4.88 Å². The van der Waals surface area contributed by atoms with Crippen molar-refractivity contribution >= 4 is 17.4 Å². The van der Waals surface area contributed by atoms with Crippen LogP contribution in [0.4, 0.5) is 4.79 Å². The zero-order valence-corrected chi connectivity index (χ0v) is 10.9. The number of urea groups is 1. The minimum absolute atomic E-state index is 0.297. The molecule has 2 heterocycles. The second-order valence-electron chi connectivity index (χ2n) is 4.50. The Bertz CT molecular complexity index is 358. The van der Waals surface area contributed by atoms with E-state index in [9.17, 15) is 4.79 Å². The van der Waals surface area contributed by atoms with Crippen LogP contribution < -0.4 is 11.1 Å². The lowest BCUT2D eigenvalue weighted by atomic mass is 10.0. The van der Waals surface area contributed by atoms with Gasteiger partial charge in [-0.3, -0.25) is 0 Å². The van der Waals surface area contributed by atoms with Gasteiger partial charge in [-0.05, 0) is 31.2 Å². The van der Waals surface area contributed by atoms with E-state index >= 15 is 0 Å². The predicted molar refractivity (Wildman–Crippen MR) is 70.0 cm³/mol. The van der Waals surface area contributed by atoms with Gasteiger partial charge in [-0.2, -0.15) is 0 Å². The maximum absolute atomic E-state index is 11.0. The Morgan fingerprint density at radius 3 is 2.82 bits per heavy atom. The maximum atomic E-state index is 11.0. The van der Waals surface area contributed by atoms with Crippen LogP contribution in [0.3, 0.4) is 0 Å². The van der Waals surface area contributed by atoms with Crippen LogP contribution in [-0.4, -0.2) is 30.1 Å². The number of hydrogen-bond acceptors (Lipinski definition) is 3. The number of thiophene rings is 1. The third kappa shape index (κ3) is 3.20. The number of primary amides is 1. The summed E-state index contributed by atoms with van der Waals surface area (Å²) < 4.78 is 0. The highest BCUT2D eigenvalue weighted by Crippen LogP contribution is 2.21. The number of piperidine rings is 1. The summed E-state index contributed by atoms with van der Waals surface area (Å²) in [5.74, 6) is 0. The number of nitrogens with zero attached hydrogens (tertiary/aromatic N) is 1. The highest BCUT2D eigenvalue weighted by Gasteiger charge is 2.22. The summed E-state index contributed by atoms with van der Waals surface area (Å²) in [5.41, 5.74) is 5.26. The fraction of sp³-hybridized carbons (Fsp3) is 0.583. The first kappa shape index (κ1) is 12.4. The Labute approximate surface area is 106 Å². The Morgan fingerprint density at radius 1 is 1.59 bits per heavy atom. The molecule has 0 spiro atoms. The van der Waals surface area contributed by atoms with Crippen LogP contribution in [0.25, 0.3) is 0 Å². The van der Waals surface area contributed by atoms with Gasteiger partial charge in [0.25, 0.3) is 0 Å². The Kier molecular flexibility index (Phi) is 4.02. The third-order valence-corrected chi connectivity index (χ3v) is 4.32. The standard InChI is InChI=1S/C12H19N3OS/c1-9(11-3-2-8-17-11)14-10-4-6-15(7-5-10)12(13)16/h2-3,8-10,14H,4-7H2,1H3,(H2,13,16). The SMILES string of the molecule is CC(NC1CCN(C(N)=O)CC1)c1cccs1. The molecule has 0 aliphatic carbocycles. The molecule has 1 saturated heterocycles. The van der Waals surface area contributed by atoms with Crippen molar-refractivity contribution in [1.29, 1.82) is 0 Å². The van der Waals surface area contributed by atoms with Crippen LogP contribution >= 0.6 is 11.3 Å². The van der Waals surface area contributed by atoms with Crippen molar-refractivity contribution in [3.05, 3.63) is 22.4 Å². The molecular formula is C12H19N3OS. The fourth-order valence-corrected chi connectivity index (χ4v) is 2.98. The number of likely N-dealkylation sites (tertiary alicyclic amines) is 1. The number of amides is 2. The molecule has 94 valence electrons. The molecule has 1 aliphatic rings. The molecule has 5 heteroatoms. The van der Waals surface area contributed by atoms with Crippen molar-refractivity contribution in [1.82, 2.24) is 10.2 Å². The summed E-state index contributed by atoms with van der Waals surface area (Å²) in [7, 11) is 0.